The van der Waals surface area contributed by atoms with Gasteiger partial charge in [-0.05, 0) is 12.1 Å². The molecule has 1 aromatic heterocycles. The number of rotatable bonds is 2. The fourth-order valence-corrected chi connectivity index (χ4v) is 0.507. The maximum Gasteiger partial charge on any atom is 0.504 e. The Balaban J connectivity index is 2.61. The average molecular weight is 123 g/mol. The van der Waals surface area contributed by atoms with Crippen molar-refractivity contribution in [1.82, 2.24) is 4.98 Å². The topological polar surface area (TPSA) is 42.4 Å². The zero-order valence-electron chi connectivity index (χ0n) is 4.82. The van der Waals surface area contributed by atoms with Gasteiger partial charge in [-0.25, -0.2) is 0 Å². The molecule has 0 aromatic carbocycles. The standard InChI is InChI=1S/C5H6BNO2/c8-6-9-5-2-1-3-7-4-5/h1-4,6,8H. The van der Waals surface area contributed by atoms with Crippen LogP contribution >= 0.6 is 0 Å². The van der Waals surface area contributed by atoms with E-state index in [2.05, 4.69) is 4.98 Å². The molecule has 9 heavy (non-hydrogen) atoms. The zero-order chi connectivity index (χ0) is 6.53. The van der Waals surface area contributed by atoms with Crippen molar-refractivity contribution in [3.63, 3.8) is 0 Å². The van der Waals surface area contributed by atoms with Crippen LogP contribution in [0.4, 0.5) is 0 Å². The molecule has 46 valence electrons. The summed E-state index contributed by atoms with van der Waals surface area (Å²) in [6.07, 6.45) is 3.18. The van der Waals surface area contributed by atoms with Gasteiger partial charge in [-0.15, -0.1) is 0 Å². The van der Waals surface area contributed by atoms with Crippen molar-refractivity contribution in [1.29, 1.82) is 0 Å². The zero-order valence-corrected chi connectivity index (χ0v) is 4.82. The summed E-state index contributed by atoms with van der Waals surface area (Å²) in [5.41, 5.74) is 0. The number of hydrogen-bond acceptors (Lipinski definition) is 3. The van der Waals surface area contributed by atoms with Crippen LogP contribution in [0.15, 0.2) is 24.5 Å². The van der Waals surface area contributed by atoms with Crippen LogP contribution in [0.2, 0.25) is 0 Å². The van der Waals surface area contributed by atoms with Gasteiger partial charge in [0.1, 0.15) is 5.75 Å². The molecule has 0 radical (unpaired) electrons. The third-order valence-corrected chi connectivity index (χ3v) is 0.866. The van der Waals surface area contributed by atoms with Crippen LogP contribution in [0.25, 0.3) is 0 Å². The molecule has 4 heteroatoms. The Morgan fingerprint density at radius 3 is 3.11 bits per heavy atom. The Labute approximate surface area is 53.6 Å². The molecule has 0 aliphatic carbocycles. The average Bonchev–Trinajstić information content (AvgIpc) is 1.91. The summed E-state index contributed by atoms with van der Waals surface area (Å²) in [4.78, 5) is 3.77. The second-order valence-electron chi connectivity index (χ2n) is 1.46. The highest BCUT2D eigenvalue weighted by molar-refractivity contribution is 6.17. The molecule has 0 saturated heterocycles. The molecule has 0 aliphatic heterocycles. The van der Waals surface area contributed by atoms with Crippen molar-refractivity contribution in [2.75, 3.05) is 0 Å². The van der Waals surface area contributed by atoms with Crippen molar-refractivity contribution >= 4 is 7.69 Å². The third-order valence-electron chi connectivity index (χ3n) is 0.866. The number of pyridine rings is 1. The number of aromatic nitrogens is 1. The van der Waals surface area contributed by atoms with E-state index in [-0.39, 0.29) is 7.69 Å². The lowest BCUT2D eigenvalue weighted by atomic mass is 10.4. The molecule has 0 amide bonds. The lowest BCUT2D eigenvalue weighted by Crippen LogP contribution is -1.99. The summed E-state index contributed by atoms with van der Waals surface area (Å²) >= 11 is 0. The Hall–Kier alpha value is -1.03. The van der Waals surface area contributed by atoms with Gasteiger partial charge >= 0.3 is 7.69 Å². The van der Waals surface area contributed by atoms with E-state index in [9.17, 15) is 0 Å². The van der Waals surface area contributed by atoms with Gasteiger partial charge in [-0.1, -0.05) is 0 Å². The molecule has 0 bridgehead atoms. The van der Waals surface area contributed by atoms with Gasteiger partial charge < -0.3 is 9.68 Å². The van der Waals surface area contributed by atoms with E-state index in [1.165, 1.54) is 6.20 Å². The Morgan fingerprint density at radius 1 is 1.67 bits per heavy atom. The van der Waals surface area contributed by atoms with E-state index in [1.807, 2.05) is 0 Å². The van der Waals surface area contributed by atoms with Gasteiger partial charge in [0.15, 0.2) is 0 Å². The molecule has 1 aromatic rings. The maximum atomic E-state index is 8.27. The molecule has 0 atom stereocenters. The van der Waals surface area contributed by atoms with Gasteiger partial charge in [0.25, 0.3) is 0 Å². The van der Waals surface area contributed by atoms with Crippen LogP contribution in [0, 0.1) is 0 Å². The minimum atomic E-state index is -0.300. The van der Waals surface area contributed by atoms with Gasteiger partial charge in [0.2, 0.25) is 0 Å². The van der Waals surface area contributed by atoms with Crippen molar-refractivity contribution in [2.24, 2.45) is 0 Å². The normalized spacial score (nSPS) is 8.56. The van der Waals surface area contributed by atoms with Crippen LogP contribution in [0.3, 0.4) is 0 Å². The fourth-order valence-electron chi connectivity index (χ4n) is 0.507. The smallest absolute Gasteiger partial charge is 0.504 e. The predicted molar refractivity (Wildman–Crippen MR) is 34.2 cm³/mol. The Kier molecular flexibility index (Phi) is 2.10. The van der Waals surface area contributed by atoms with Gasteiger partial charge in [-0.3, -0.25) is 4.98 Å². The van der Waals surface area contributed by atoms with Crippen LogP contribution in [-0.2, 0) is 0 Å². The molecule has 3 nitrogen and oxygen atoms in total. The highest BCUT2D eigenvalue weighted by atomic mass is 16.5. The summed E-state index contributed by atoms with van der Waals surface area (Å²) in [5, 5.41) is 8.27. The van der Waals surface area contributed by atoms with E-state index in [0.717, 1.165) is 0 Å². The SMILES string of the molecule is OBOc1cccnc1. The molecule has 1 N–H and O–H groups in total. The van der Waals surface area contributed by atoms with E-state index in [4.69, 9.17) is 9.68 Å². The molecule has 1 rings (SSSR count). The monoisotopic (exact) mass is 123 g/mol. The lowest BCUT2D eigenvalue weighted by Gasteiger charge is -1.97. The lowest BCUT2D eigenvalue weighted by molar-refractivity contribution is 0.452. The van der Waals surface area contributed by atoms with E-state index in [1.54, 1.807) is 18.3 Å². The van der Waals surface area contributed by atoms with Crippen LogP contribution in [0.1, 0.15) is 0 Å². The highest BCUT2D eigenvalue weighted by Gasteiger charge is 1.88. The number of hydrogen-bond donors (Lipinski definition) is 1. The second-order valence-corrected chi connectivity index (χ2v) is 1.46. The van der Waals surface area contributed by atoms with Gasteiger partial charge in [0, 0.05) is 6.20 Å². The predicted octanol–water partition coefficient (Wildman–Crippen LogP) is -0.281. The van der Waals surface area contributed by atoms with E-state index < -0.39 is 0 Å². The summed E-state index contributed by atoms with van der Waals surface area (Å²) < 4.78 is 4.70. The molecular weight excluding hydrogens is 117 g/mol. The number of nitrogens with zero attached hydrogens (tertiary/aromatic N) is 1. The molecule has 0 unspecified atom stereocenters. The quantitative estimate of drug-likeness (QED) is 0.549. The summed E-state index contributed by atoms with van der Waals surface area (Å²) in [6, 6.07) is 3.47. The molecule has 1 heterocycles. The Bertz CT molecular complexity index is 168. The summed E-state index contributed by atoms with van der Waals surface area (Å²) in [7, 11) is -0.300. The second kappa shape index (κ2) is 3.09. The Morgan fingerprint density at radius 2 is 2.56 bits per heavy atom. The highest BCUT2D eigenvalue weighted by Crippen LogP contribution is 2.03. The van der Waals surface area contributed by atoms with Crippen LogP contribution in [0.5, 0.6) is 5.75 Å². The van der Waals surface area contributed by atoms with Gasteiger partial charge in [-0.2, -0.15) is 0 Å². The fraction of sp³-hybridized carbons (Fsp3) is 0. The summed E-state index contributed by atoms with van der Waals surface area (Å²) in [6.45, 7) is 0. The first-order valence-electron chi connectivity index (χ1n) is 2.57. The minimum absolute atomic E-state index is 0.300. The largest absolute Gasteiger partial charge is 0.538 e. The van der Waals surface area contributed by atoms with Crippen molar-refractivity contribution in [2.45, 2.75) is 0 Å². The first-order valence-corrected chi connectivity index (χ1v) is 2.57. The van der Waals surface area contributed by atoms with Crippen molar-refractivity contribution in [3.05, 3.63) is 24.5 Å². The first-order chi connectivity index (χ1) is 4.43. The molecular formula is C5H6BNO2. The van der Waals surface area contributed by atoms with Gasteiger partial charge in [0.05, 0.1) is 6.20 Å². The first kappa shape index (κ1) is 6.10. The molecule has 0 aliphatic rings. The summed E-state index contributed by atoms with van der Waals surface area (Å²) in [5.74, 6) is 0.583. The van der Waals surface area contributed by atoms with Crippen molar-refractivity contribution < 1.29 is 9.68 Å². The molecule has 0 saturated carbocycles. The van der Waals surface area contributed by atoms with Crippen LogP contribution < -0.4 is 4.65 Å². The third kappa shape index (κ3) is 1.73. The molecule has 0 spiro atoms. The molecule has 0 fully saturated rings. The maximum absolute atomic E-state index is 8.27. The van der Waals surface area contributed by atoms with Crippen molar-refractivity contribution in [3.8, 4) is 5.75 Å². The van der Waals surface area contributed by atoms with E-state index >= 15 is 0 Å². The van der Waals surface area contributed by atoms with E-state index in [0.29, 0.717) is 5.75 Å². The van der Waals surface area contributed by atoms with Crippen LogP contribution in [-0.4, -0.2) is 17.7 Å². The minimum Gasteiger partial charge on any atom is -0.538 e.